The third kappa shape index (κ3) is 3.44. The molecular formula is C18H21N3O2S. The summed E-state index contributed by atoms with van der Waals surface area (Å²) in [4.78, 5) is 1.09. The molecule has 3 N–H and O–H groups in total. The minimum absolute atomic E-state index is 0.0229. The molecule has 0 bridgehead atoms. The molecule has 2 aromatic heterocycles. The van der Waals surface area contributed by atoms with Gasteiger partial charge in [-0.1, -0.05) is 12.1 Å². The van der Waals surface area contributed by atoms with Crippen LogP contribution in [0.3, 0.4) is 0 Å². The first-order valence-electron chi connectivity index (χ1n) is 7.84. The fourth-order valence-electron chi connectivity index (χ4n) is 2.56. The summed E-state index contributed by atoms with van der Waals surface area (Å²) in [5.41, 5.74) is 3.94. The van der Waals surface area contributed by atoms with Gasteiger partial charge in [-0.15, -0.1) is 11.3 Å². The molecule has 0 saturated heterocycles. The number of rotatable bonds is 6. The van der Waals surface area contributed by atoms with E-state index in [1.165, 1.54) is 0 Å². The zero-order valence-corrected chi connectivity index (χ0v) is 14.6. The number of nitrogens with zero attached hydrogens (tertiary/aromatic N) is 2. The summed E-state index contributed by atoms with van der Waals surface area (Å²) in [5.74, 6) is 1.11. The molecule has 0 spiro atoms. The zero-order chi connectivity index (χ0) is 17.1. The first-order valence-corrected chi connectivity index (χ1v) is 8.72. The van der Waals surface area contributed by atoms with Crippen LogP contribution in [-0.4, -0.2) is 26.6 Å². The molecule has 0 atom stereocenters. The van der Waals surface area contributed by atoms with E-state index in [9.17, 15) is 10.2 Å². The second kappa shape index (κ2) is 7.07. The fraction of sp³-hybridized carbons (Fsp3) is 0.278. The number of anilines is 1. The number of aromatic hydroxyl groups is 1. The van der Waals surface area contributed by atoms with Crippen LogP contribution in [-0.2, 0) is 13.1 Å². The van der Waals surface area contributed by atoms with Gasteiger partial charge in [0, 0.05) is 18.2 Å². The first kappa shape index (κ1) is 16.5. The van der Waals surface area contributed by atoms with Crippen molar-refractivity contribution in [3.05, 3.63) is 52.4 Å². The predicted octanol–water partition coefficient (Wildman–Crippen LogP) is 3.54. The zero-order valence-electron chi connectivity index (χ0n) is 13.8. The van der Waals surface area contributed by atoms with Gasteiger partial charge >= 0.3 is 0 Å². The minimum Gasteiger partial charge on any atom is -0.508 e. The molecule has 3 rings (SSSR count). The smallest absolute Gasteiger partial charge is 0.125 e. The highest BCUT2D eigenvalue weighted by atomic mass is 32.1. The number of aliphatic hydroxyl groups is 1. The number of thiophene rings is 1. The lowest BCUT2D eigenvalue weighted by molar-refractivity contribution is 0.270. The average molecular weight is 343 g/mol. The van der Waals surface area contributed by atoms with Crippen LogP contribution in [0.4, 0.5) is 5.82 Å². The van der Waals surface area contributed by atoms with Crippen molar-refractivity contribution in [2.75, 3.05) is 11.9 Å². The van der Waals surface area contributed by atoms with Gasteiger partial charge in [-0.2, -0.15) is 5.10 Å². The fourth-order valence-corrected chi connectivity index (χ4v) is 3.24. The molecule has 0 aliphatic heterocycles. The van der Waals surface area contributed by atoms with E-state index in [2.05, 4.69) is 10.4 Å². The summed E-state index contributed by atoms with van der Waals surface area (Å²) in [6.07, 6.45) is 0. The van der Waals surface area contributed by atoms with Crippen LogP contribution in [0.1, 0.15) is 16.7 Å². The van der Waals surface area contributed by atoms with E-state index in [-0.39, 0.29) is 12.4 Å². The molecule has 126 valence electrons. The Balaban J connectivity index is 1.83. The molecule has 0 aliphatic rings. The summed E-state index contributed by atoms with van der Waals surface area (Å²) >= 11 is 1.63. The van der Waals surface area contributed by atoms with E-state index in [4.69, 9.17) is 0 Å². The Morgan fingerprint density at radius 1 is 1.21 bits per heavy atom. The van der Waals surface area contributed by atoms with Crippen molar-refractivity contribution in [3.63, 3.8) is 0 Å². The highest BCUT2D eigenvalue weighted by Gasteiger charge is 2.11. The number of aryl methyl sites for hydroxylation is 2. The van der Waals surface area contributed by atoms with E-state index < -0.39 is 0 Å². The SMILES string of the molecule is Cc1cc(O)c(CNc2cc(-c3cccs3)nn2CCO)cc1C. The van der Waals surface area contributed by atoms with Crippen molar-refractivity contribution < 1.29 is 10.2 Å². The Morgan fingerprint density at radius 3 is 2.71 bits per heavy atom. The maximum atomic E-state index is 10.1. The van der Waals surface area contributed by atoms with Crippen LogP contribution in [0.5, 0.6) is 5.75 Å². The number of phenols is 1. The molecule has 6 heteroatoms. The number of phenolic OH excluding ortho intramolecular Hbond substituents is 1. The molecule has 3 aromatic rings. The highest BCUT2D eigenvalue weighted by Crippen LogP contribution is 2.27. The lowest BCUT2D eigenvalue weighted by Gasteiger charge is -2.11. The normalized spacial score (nSPS) is 11.0. The van der Waals surface area contributed by atoms with Crippen molar-refractivity contribution >= 4 is 17.2 Å². The molecule has 5 nitrogen and oxygen atoms in total. The third-order valence-corrected chi connectivity index (χ3v) is 4.91. The van der Waals surface area contributed by atoms with Gasteiger partial charge in [-0.25, -0.2) is 4.68 Å². The number of hydrogen-bond donors (Lipinski definition) is 3. The Morgan fingerprint density at radius 2 is 2.00 bits per heavy atom. The van der Waals surface area contributed by atoms with Crippen LogP contribution in [0, 0.1) is 13.8 Å². The molecule has 0 radical (unpaired) electrons. The van der Waals surface area contributed by atoms with E-state index in [1.54, 1.807) is 22.1 Å². The van der Waals surface area contributed by atoms with Gasteiger partial charge in [-0.3, -0.25) is 0 Å². The summed E-state index contributed by atoms with van der Waals surface area (Å²) < 4.78 is 1.76. The lowest BCUT2D eigenvalue weighted by atomic mass is 10.1. The summed E-state index contributed by atoms with van der Waals surface area (Å²) in [6, 6.07) is 9.76. The van der Waals surface area contributed by atoms with Crippen LogP contribution in [0.2, 0.25) is 0 Å². The second-order valence-electron chi connectivity index (χ2n) is 5.76. The van der Waals surface area contributed by atoms with Gasteiger partial charge in [0.2, 0.25) is 0 Å². The molecule has 24 heavy (non-hydrogen) atoms. The summed E-state index contributed by atoms with van der Waals surface area (Å²) in [5, 5.41) is 29.3. The largest absolute Gasteiger partial charge is 0.508 e. The van der Waals surface area contributed by atoms with Crippen molar-refractivity contribution in [1.29, 1.82) is 0 Å². The Labute approximate surface area is 145 Å². The maximum absolute atomic E-state index is 10.1. The van der Waals surface area contributed by atoms with Crippen molar-refractivity contribution in [2.45, 2.75) is 26.9 Å². The molecular weight excluding hydrogens is 322 g/mol. The highest BCUT2D eigenvalue weighted by molar-refractivity contribution is 7.13. The van der Waals surface area contributed by atoms with Crippen molar-refractivity contribution in [1.82, 2.24) is 9.78 Å². The van der Waals surface area contributed by atoms with Crippen LogP contribution in [0.25, 0.3) is 10.6 Å². The topological polar surface area (TPSA) is 70.3 Å². The minimum atomic E-state index is 0.0229. The second-order valence-corrected chi connectivity index (χ2v) is 6.71. The molecule has 0 fully saturated rings. The maximum Gasteiger partial charge on any atom is 0.125 e. The molecule has 0 saturated carbocycles. The number of nitrogens with one attached hydrogen (secondary N) is 1. The Bertz CT molecular complexity index is 825. The lowest BCUT2D eigenvalue weighted by Crippen LogP contribution is -2.10. The van der Waals surface area contributed by atoms with Crippen molar-refractivity contribution in [2.24, 2.45) is 0 Å². The molecule has 2 heterocycles. The van der Waals surface area contributed by atoms with Gasteiger partial charge in [0.1, 0.15) is 17.3 Å². The summed E-state index contributed by atoms with van der Waals surface area (Å²) in [7, 11) is 0. The number of benzene rings is 1. The monoisotopic (exact) mass is 343 g/mol. The van der Waals surface area contributed by atoms with E-state index in [1.807, 2.05) is 43.5 Å². The van der Waals surface area contributed by atoms with E-state index in [0.717, 1.165) is 33.1 Å². The van der Waals surface area contributed by atoms with E-state index in [0.29, 0.717) is 13.1 Å². The van der Waals surface area contributed by atoms with Gasteiger partial charge in [0.25, 0.3) is 0 Å². The van der Waals surface area contributed by atoms with Crippen LogP contribution in [0.15, 0.2) is 35.7 Å². The first-order chi connectivity index (χ1) is 11.6. The number of aliphatic hydroxyl groups excluding tert-OH is 1. The molecule has 0 aliphatic carbocycles. The van der Waals surface area contributed by atoms with Gasteiger partial charge in [0.05, 0.1) is 18.0 Å². The molecule has 0 unspecified atom stereocenters. The molecule has 0 amide bonds. The van der Waals surface area contributed by atoms with Gasteiger partial charge in [0.15, 0.2) is 0 Å². The molecule has 1 aromatic carbocycles. The van der Waals surface area contributed by atoms with Crippen LogP contribution < -0.4 is 5.32 Å². The van der Waals surface area contributed by atoms with Crippen LogP contribution >= 0.6 is 11.3 Å². The van der Waals surface area contributed by atoms with Gasteiger partial charge in [-0.05, 0) is 42.5 Å². The van der Waals surface area contributed by atoms with Crippen molar-refractivity contribution in [3.8, 4) is 16.3 Å². The average Bonchev–Trinajstić information content (AvgIpc) is 3.19. The third-order valence-electron chi connectivity index (χ3n) is 4.02. The van der Waals surface area contributed by atoms with Gasteiger partial charge < -0.3 is 15.5 Å². The predicted molar refractivity (Wildman–Crippen MR) is 97.5 cm³/mol. The summed E-state index contributed by atoms with van der Waals surface area (Å²) in [6.45, 7) is 4.95. The quantitative estimate of drug-likeness (QED) is 0.640. The Kier molecular flexibility index (Phi) is 4.87. The van der Waals surface area contributed by atoms with E-state index >= 15 is 0 Å². The number of hydrogen-bond acceptors (Lipinski definition) is 5. The number of aromatic nitrogens is 2. The standard InChI is InChI=1S/C18H21N3O2S/c1-12-8-14(16(23)9-13(12)2)11-19-18-10-15(17-4-3-7-24-17)20-21(18)5-6-22/h3-4,7-10,19,22-23H,5-6,11H2,1-2H3. The Hall–Kier alpha value is -2.31.